The van der Waals surface area contributed by atoms with E-state index in [1.165, 1.54) is 0 Å². The van der Waals surface area contributed by atoms with Crippen LogP contribution in [0.15, 0.2) is 103 Å². The van der Waals surface area contributed by atoms with Gasteiger partial charge in [0.2, 0.25) is 0 Å². The van der Waals surface area contributed by atoms with E-state index in [4.69, 9.17) is 4.98 Å². The highest BCUT2D eigenvalue weighted by Gasteiger charge is 2.15. The fourth-order valence-corrected chi connectivity index (χ4v) is 4.43. The molecule has 0 unspecified atom stereocenters. The smallest absolute Gasteiger partial charge is 0.0900 e. The first-order valence-corrected chi connectivity index (χ1v) is 11.4. The number of pyridine rings is 2. The lowest BCUT2D eigenvalue weighted by molar-refractivity contribution is 0.494. The van der Waals surface area contributed by atoms with E-state index in [0.29, 0.717) is 10.6 Å². The third-order valence-electron chi connectivity index (χ3n) is 4.92. The maximum atomic E-state index is 10.6. The predicted molar refractivity (Wildman–Crippen MR) is 127 cm³/mol. The molecule has 3 heterocycles. The molecule has 0 bridgehead atoms. The van der Waals surface area contributed by atoms with Crippen molar-refractivity contribution >= 4 is 27.5 Å². The van der Waals surface area contributed by atoms with Crippen molar-refractivity contribution in [3.63, 3.8) is 0 Å². The quantitative estimate of drug-likeness (QED) is 0.312. The Kier molecular flexibility index (Phi) is 5.24. The molecule has 3 N–H and O–H groups in total. The number of aromatic nitrogens is 4. The second-order valence-corrected chi connectivity index (χ2v) is 8.89. The maximum Gasteiger partial charge on any atom is 0.0900 e. The standard InChI is InChI=1S/C24H19N5O2S/c30-32(31,21-4-2-1-3-5-21)29-20-12-19(14-26-15-20)18-6-7-22-23(13-18)28-24(16-27-22)17-8-10-25-11-9-17/h1-16,29-31H. The summed E-state index contributed by atoms with van der Waals surface area (Å²) in [7, 11) is -3.20. The Labute approximate surface area is 186 Å². The van der Waals surface area contributed by atoms with Gasteiger partial charge in [0.1, 0.15) is 0 Å². The number of hydrogen-bond donors (Lipinski definition) is 3. The Morgan fingerprint density at radius 1 is 0.688 bits per heavy atom. The van der Waals surface area contributed by atoms with E-state index < -0.39 is 10.8 Å². The number of nitrogens with one attached hydrogen (secondary N) is 1. The summed E-state index contributed by atoms with van der Waals surface area (Å²) >= 11 is 0. The molecule has 0 spiro atoms. The Bertz CT molecular complexity index is 1380. The lowest BCUT2D eigenvalue weighted by Crippen LogP contribution is -2.09. The first-order valence-electron chi connectivity index (χ1n) is 9.82. The molecular formula is C24H19N5O2S. The normalized spacial score (nSPS) is 11.9. The molecule has 0 radical (unpaired) electrons. The lowest BCUT2D eigenvalue weighted by Gasteiger charge is -2.33. The van der Waals surface area contributed by atoms with Crippen LogP contribution >= 0.6 is 10.8 Å². The Morgan fingerprint density at radius 2 is 1.50 bits per heavy atom. The van der Waals surface area contributed by atoms with Gasteiger partial charge in [0.05, 0.1) is 39.7 Å². The second-order valence-electron chi connectivity index (χ2n) is 7.12. The Hall–Kier alpha value is -3.85. The van der Waals surface area contributed by atoms with E-state index in [0.717, 1.165) is 33.4 Å². The van der Waals surface area contributed by atoms with Gasteiger partial charge in [-0.1, -0.05) is 35.0 Å². The van der Waals surface area contributed by atoms with Gasteiger partial charge in [0.15, 0.2) is 0 Å². The third-order valence-corrected chi connectivity index (χ3v) is 6.37. The molecule has 0 aliphatic carbocycles. The van der Waals surface area contributed by atoms with Crippen molar-refractivity contribution in [3.8, 4) is 22.4 Å². The summed E-state index contributed by atoms with van der Waals surface area (Å²) in [6, 6.07) is 20.1. The molecule has 0 saturated carbocycles. The van der Waals surface area contributed by atoms with E-state index in [2.05, 4.69) is 19.7 Å². The average molecular weight is 442 g/mol. The number of hydrogen-bond acceptors (Lipinski definition) is 7. The summed E-state index contributed by atoms with van der Waals surface area (Å²) in [6.45, 7) is 0. The molecule has 32 heavy (non-hydrogen) atoms. The fraction of sp³-hybridized carbons (Fsp3) is 0. The molecule has 0 atom stereocenters. The molecule has 0 aliphatic heterocycles. The van der Waals surface area contributed by atoms with E-state index in [9.17, 15) is 9.11 Å². The van der Waals surface area contributed by atoms with Crippen molar-refractivity contribution in [1.29, 1.82) is 0 Å². The number of anilines is 1. The zero-order valence-corrected chi connectivity index (χ0v) is 17.6. The zero-order chi connectivity index (χ0) is 22.0. The summed E-state index contributed by atoms with van der Waals surface area (Å²) in [5, 5.41) is 0. The van der Waals surface area contributed by atoms with Crippen molar-refractivity contribution in [1.82, 2.24) is 19.9 Å². The summed E-state index contributed by atoms with van der Waals surface area (Å²) in [6.07, 6.45) is 8.48. The van der Waals surface area contributed by atoms with E-state index >= 15 is 0 Å². The summed E-state index contributed by atoms with van der Waals surface area (Å²) < 4.78 is 23.9. The molecular weight excluding hydrogens is 422 g/mol. The third kappa shape index (κ3) is 4.15. The van der Waals surface area contributed by atoms with Crippen LogP contribution in [0, 0.1) is 0 Å². The van der Waals surface area contributed by atoms with Crippen LogP contribution < -0.4 is 4.72 Å². The lowest BCUT2D eigenvalue weighted by atomic mass is 10.1. The second kappa shape index (κ2) is 8.35. The molecule has 7 nitrogen and oxygen atoms in total. The van der Waals surface area contributed by atoms with Crippen LogP contribution in [0.5, 0.6) is 0 Å². The maximum absolute atomic E-state index is 10.6. The zero-order valence-electron chi connectivity index (χ0n) is 16.8. The molecule has 5 aromatic rings. The van der Waals surface area contributed by atoms with Gasteiger partial charge in [0.25, 0.3) is 0 Å². The van der Waals surface area contributed by atoms with Crippen LogP contribution in [-0.4, -0.2) is 29.0 Å². The number of fused-ring (bicyclic) bond motifs is 1. The van der Waals surface area contributed by atoms with Gasteiger partial charge in [-0.3, -0.25) is 28.8 Å². The van der Waals surface area contributed by atoms with Gasteiger partial charge in [0, 0.05) is 29.7 Å². The highest BCUT2D eigenvalue weighted by molar-refractivity contribution is 8.25. The van der Waals surface area contributed by atoms with E-state index in [-0.39, 0.29) is 0 Å². The molecule has 8 heteroatoms. The summed E-state index contributed by atoms with van der Waals surface area (Å²) in [5.74, 6) is 0. The monoisotopic (exact) mass is 441 g/mol. The van der Waals surface area contributed by atoms with E-state index in [1.54, 1.807) is 55.2 Å². The van der Waals surface area contributed by atoms with Gasteiger partial charge >= 0.3 is 0 Å². The first kappa shape index (κ1) is 20.1. The SMILES string of the molecule is OS(O)(Nc1cncc(-c2ccc3ncc(-c4ccncc4)nc3c2)c1)c1ccccc1. The van der Waals surface area contributed by atoms with Gasteiger partial charge in [-0.2, -0.15) is 0 Å². The van der Waals surface area contributed by atoms with E-state index in [1.807, 2.05) is 42.5 Å². The molecule has 0 aliphatic rings. The molecule has 3 aromatic heterocycles. The van der Waals surface area contributed by atoms with Crippen molar-refractivity contribution in [2.45, 2.75) is 4.90 Å². The average Bonchev–Trinajstić information content (AvgIpc) is 2.84. The minimum Gasteiger partial charge on any atom is -0.279 e. The molecule has 158 valence electrons. The molecule has 0 fully saturated rings. The highest BCUT2D eigenvalue weighted by atomic mass is 32.3. The minimum atomic E-state index is -3.20. The highest BCUT2D eigenvalue weighted by Crippen LogP contribution is 2.47. The minimum absolute atomic E-state index is 0.412. The van der Waals surface area contributed by atoms with Gasteiger partial charge < -0.3 is 0 Å². The van der Waals surface area contributed by atoms with Crippen LogP contribution in [0.1, 0.15) is 0 Å². The number of rotatable bonds is 5. The summed E-state index contributed by atoms with van der Waals surface area (Å²) in [5.41, 5.74) is 5.46. The fourth-order valence-electron chi connectivity index (χ4n) is 3.34. The van der Waals surface area contributed by atoms with Crippen LogP contribution in [0.2, 0.25) is 0 Å². The molecule has 0 amide bonds. The van der Waals surface area contributed by atoms with Crippen LogP contribution in [0.25, 0.3) is 33.4 Å². The molecule has 5 rings (SSSR count). The van der Waals surface area contributed by atoms with Crippen LogP contribution in [0.3, 0.4) is 0 Å². The topological polar surface area (TPSA) is 104 Å². The number of benzene rings is 2. The van der Waals surface area contributed by atoms with Crippen LogP contribution in [-0.2, 0) is 0 Å². The summed E-state index contributed by atoms with van der Waals surface area (Å²) in [4.78, 5) is 18.0. The first-order chi connectivity index (χ1) is 15.6. The van der Waals surface area contributed by atoms with Crippen LogP contribution in [0.4, 0.5) is 5.69 Å². The van der Waals surface area contributed by atoms with Gasteiger partial charge in [-0.15, -0.1) is 0 Å². The van der Waals surface area contributed by atoms with Gasteiger partial charge in [-0.05, 0) is 48.0 Å². The van der Waals surface area contributed by atoms with Crippen molar-refractivity contribution < 1.29 is 9.11 Å². The molecule has 2 aromatic carbocycles. The van der Waals surface area contributed by atoms with Crippen molar-refractivity contribution in [2.75, 3.05) is 4.72 Å². The predicted octanol–water partition coefficient (Wildman–Crippen LogP) is 5.89. The number of nitrogens with zero attached hydrogens (tertiary/aromatic N) is 4. The van der Waals surface area contributed by atoms with Crippen molar-refractivity contribution in [3.05, 3.63) is 97.7 Å². The molecule has 0 saturated heterocycles. The van der Waals surface area contributed by atoms with Crippen molar-refractivity contribution in [2.24, 2.45) is 0 Å². The Balaban J connectivity index is 1.47. The Morgan fingerprint density at radius 3 is 2.31 bits per heavy atom. The largest absolute Gasteiger partial charge is 0.279 e. The van der Waals surface area contributed by atoms with Gasteiger partial charge in [-0.25, -0.2) is 4.98 Å².